The number of hydrogen-bond donors (Lipinski definition) is 2. The van der Waals surface area contributed by atoms with Gasteiger partial charge in [-0.05, 0) is 30.6 Å². The Kier molecular flexibility index (Phi) is 3.83. The van der Waals surface area contributed by atoms with Crippen LogP contribution in [0.5, 0.6) is 0 Å². The van der Waals surface area contributed by atoms with E-state index in [1.807, 2.05) is 0 Å². The van der Waals surface area contributed by atoms with Crippen molar-refractivity contribution in [1.29, 1.82) is 0 Å². The molecule has 2 heteroatoms. The molecule has 2 atom stereocenters. The van der Waals surface area contributed by atoms with Crippen LogP contribution in [0.1, 0.15) is 53.9 Å². The minimum atomic E-state index is -0.0380. The fourth-order valence-electron chi connectivity index (χ4n) is 3.00. The van der Waals surface area contributed by atoms with Crippen molar-refractivity contribution in [2.75, 3.05) is 6.61 Å². The fraction of sp³-hybridized carbons (Fsp3) is 1.00. The highest BCUT2D eigenvalue weighted by Crippen LogP contribution is 2.43. The van der Waals surface area contributed by atoms with Gasteiger partial charge in [0.1, 0.15) is 0 Å². The second-order valence-corrected chi connectivity index (χ2v) is 6.38. The number of aliphatic hydroxyl groups excluding tert-OH is 1. The van der Waals surface area contributed by atoms with Crippen LogP contribution >= 0.6 is 0 Å². The highest BCUT2D eigenvalue weighted by molar-refractivity contribution is 5.00. The molecule has 0 radical (unpaired) electrons. The Balaban J connectivity index is 2.74. The summed E-state index contributed by atoms with van der Waals surface area (Å²) in [6.07, 6.45) is 3.50. The van der Waals surface area contributed by atoms with Gasteiger partial charge in [-0.3, -0.25) is 0 Å². The van der Waals surface area contributed by atoms with Gasteiger partial charge in [-0.25, -0.2) is 0 Å². The molecule has 0 aliphatic heterocycles. The van der Waals surface area contributed by atoms with Crippen molar-refractivity contribution in [3.05, 3.63) is 0 Å². The molecule has 0 aromatic carbocycles. The third-order valence-electron chi connectivity index (χ3n) is 3.91. The molecule has 0 saturated heterocycles. The molecule has 90 valence electrons. The predicted octanol–water partition coefficient (Wildman–Crippen LogP) is 2.56. The molecule has 0 heterocycles. The number of aliphatic hydroxyl groups is 1. The van der Waals surface area contributed by atoms with Crippen molar-refractivity contribution < 1.29 is 5.11 Å². The maximum Gasteiger partial charge on any atom is 0.0616 e. The van der Waals surface area contributed by atoms with Crippen molar-refractivity contribution in [2.24, 2.45) is 11.3 Å². The minimum absolute atomic E-state index is 0.0380. The van der Waals surface area contributed by atoms with E-state index in [1.165, 1.54) is 12.8 Å². The quantitative estimate of drug-likeness (QED) is 0.755. The normalized spacial score (nSPS) is 35.8. The first kappa shape index (κ1) is 13.0. The molecule has 1 aliphatic rings. The monoisotopic (exact) mass is 213 g/mol. The van der Waals surface area contributed by atoms with Gasteiger partial charge in [0.2, 0.25) is 0 Å². The Morgan fingerprint density at radius 3 is 2.33 bits per heavy atom. The van der Waals surface area contributed by atoms with E-state index in [4.69, 9.17) is 0 Å². The first-order valence-electron chi connectivity index (χ1n) is 6.20. The molecule has 2 unspecified atom stereocenters. The van der Waals surface area contributed by atoms with E-state index in [0.717, 1.165) is 6.42 Å². The van der Waals surface area contributed by atoms with Gasteiger partial charge in [0.15, 0.2) is 0 Å². The predicted molar refractivity (Wildman–Crippen MR) is 64.9 cm³/mol. The largest absolute Gasteiger partial charge is 0.394 e. The fourth-order valence-corrected chi connectivity index (χ4v) is 3.00. The SMILES string of the molecule is CC(C)NC1(CO)CCC(C)(C)CC1C. The van der Waals surface area contributed by atoms with Gasteiger partial charge in [0.05, 0.1) is 6.61 Å². The lowest BCUT2D eigenvalue weighted by Crippen LogP contribution is -2.59. The van der Waals surface area contributed by atoms with E-state index >= 15 is 0 Å². The molecule has 0 aromatic heterocycles. The van der Waals surface area contributed by atoms with E-state index in [2.05, 4.69) is 39.9 Å². The zero-order valence-corrected chi connectivity index (χ0v) is 10.9. The molecule has 1 fully saturated rings. The molecule has 0 aromatic rings. The van der Waals surface area contributed by atoms with Crippen LogP contribution in [0.3, 0.4) is 0 Å². The lowest BCUT2D eigenvalue weighted by molar-refractivity contribution is 0.0225. The topological polar surface area (TPSA) is 32.3 Å². The summed E-state index contributed by atoms with van der Waals surface area (Å²) in [5.74, 6) is 0.550. The molecular formula is C13H27NO. The molecule has 0 bridgehead atoms. The maximum absolute atomic E-state index is 9.67. The van der Waals surface area contributed by atoms with Gasteiger partial charge < -0.3 is 10.4 Å². The second-order valence-electron chi connectivity index (χ2n) is 6.38. The molecule has 0 spiro atoms. The van der Waals surface area contributed by atoms with Crippen LogP contribution in [0.2, 0.25) is 0 Å². The van der Waals surface area contributed by atoms with Crippen molar-refractivity contribution >= 4 is 0 Å². The molecule has 2 N–H and O–H groups in total. The molecule has 0 amide bonds. The highest BCUT2D eigenvalue weighted by Gasteiger charge is 2.43. The molecule has 15 heavy (non-hydrogen) atoms. The summed E-state index contributed by atoms with van der Waals surface area (Å²) in [5, 5.41) is 13.3. The lowest BCUT2D eigenvalue weighted by Gasteiger charge is -2.49. The zero-order chi connectivity index (χ0) is 11.7. The third kappa shape index (κ3) is 2.94. The van der Waals surface area contributed by atoms with Crippen LogP contribution in [0, 0.1) is 11.3 Å². The van der Waals surface area contributed by atoms with Crippen LogP contribution in [-0.2, 0) is 0 Å². The maximum atomic E-state index is 9.67. The first-order chi connectivity index (χ1) is 6.81. The average Bonchev–Trinajstić information content (AvgIpc) is 2.09. The minimum Gasteiger partial charge on any atom is -0.394 e. The Hall–Kier alpha value is -0.0800. The van der Waals surface area contributed by atoms with E-state index in [-0.39, 0.29) is 12.1 Å². The Labute approximate surface area is 94.5 Å². The van der Waals surface area contributed by atoms with Crippen LogP contribution < -0.4 is 5.32 Å². The summed E-state index contributed by atoms with van der Waals surface area (Å²) in [7, 11) is 0. The standard InChI is InChI=1S/C13H27NO/c1-10(2)14-13(9-15)7-6-12(4,5)8-11(13)3/h10-11,14-15H,6-9H2,1-5H3. The molecular weight excluding hydrogens is 186 g/mol. The van der Waals surface area contributed by atoms with Gasteiger partial charge in [-0.2, -0.15) is 0 Å². The van der Waals surface area contributed by atoms with Gasteiger partial charge in [-0.15, -0.1) is 0 Å². The van der Waals surface area contributed by atoms with Crippen molar-refractivity contribution in [2.45, 2.75) is 65.5 Å². The number of rotatable bonds is 3. The van der Waals surface area contributed by atoms with Crippen LogP contribution in [0.25, 0.3) is 0 Å². The first-order valence-corrected chi connectivity index (χ1v) is 6.20. The van der Waals surface area contributed by atoms with Crippen molar-refractivity contribution in [3.8, 4) is 0 Å². The summed E-state index contributed by atoms with van der Waals surface area (Å²) in [6.45, 7) is 11.5. The summed E-state index contributed by atoms with van der Waals surface area (Å²) < 4.78 is 0. The second kappa shape index (κ2) is 4.42. The van der Waals surface area contributed by atoms with Crippen LogP contribution in [0.4, 0.5) is 0 Å². The lowest BCUT2D eigenvalue weighted by atomic mass is 9.64. The smallest absolute Gasteiger partial charge is 0.0616 e. The van der Waals surface area contributed by atoms with Gasteiger partial charge in [0.25, 0.3) is 0 Å². The summed E-state index contributed by atoms with van der Waals surface area (Å²) in [5.41, 5.74) is 0.403. The van der Waals surface area contributed by atoms with Gasteiger partial charge >= 0.3 is 0 Å². The third-order valence-corrected chi connectivity index (χ3v) is 3.91. The Morgan fingerprint density at radius 1 is 1.33 bits per heavy atom. The molecule has 1 aliphatic carbocycles. The van der Waals surface area contributed by atoms with E-state index < -0.39 is 0 Å². The number of nitrogens with one attached hydrogen (secondary N) is 1. The van der Waals surface area contributed by atoms with E-state index in [9.17, 15) is 5.11 Å². The Bertz CT molecular complexity index is 213. The molecule has 1 saturated carbocycles. The molecule has 1 rings (SSSR count). The highest BCUT2D eigenvalue weighted by atomic mass is 16.3. The average molecular weight is 213 g/mol. The number of hydrogen-bond acceptors (Lipinski definition) is 2. The Morgan fingerprint density at radius 2 is 1.93 bits per heavy atom. The molecule has 2 nitrogen and oxygen atoms in total. The van der Waals surface area contributed by atoms with Gasteiger partial charge in [-0.1, -0.05) is 34.6 Å². The van der Waals surface area contributed by atoms with Crippen molar-refractivity contribution in [3.63, 3.8) is 0 Å². The summed E-state index contributed by atoms with van der Waals surface area (Å²) >= 11 is 0. The summed E-state index contributed by atoms with van der Waals surface area (Å²) in [4.78, 5) is 0. The van der Waals surface area contributed by atoms with E-state index in [1.54, 1.807) is 0 Å². The zero-order valence-electron chi connectivity index (χ0n) is 10.9. The van der Waals surface area contributed by atoms with Gasteiger partial charge in [0, 0.05) is 11.6 Å². The van der Waals surface area contributed by atoms with Crippen LogP contribution in [-0.4, -0.2) is 23.3 Å². The summed E-state index contributed by atoms with van der Waals surface area (Å²) in [6, 6.07) is 0.445. The van der Waals surface area contributed by atoms with Crippen LogP contribution in [0.15, 0.2) is 0 Å². The van der Waals surface area contributed by atoms with E-state index in [0.29, 0.717) is 17.4 Å². The van der Waals surface area contributed by atoms with Crippen molar-refractivity contribution in [1.82, 2.24) is 5.32 Å².